The van der Waals surface area contributed by atoms with Crippen molar-refractivity contribution in [2.45, 2.75) is 25.6 Å². The van der Waals surface area contributed by atoms with Crippen LogP contribution < -0.4 is 5.32 Å². The molecule has 1 atom stereocenters. The lowest BCUT2D eigenvalue weighted by Gasteiger charge is -2.14. The van der Waals surface area contributed by atoms with Crippen LogP contribution in [0.4, 0.5) is 17.6 Å². The first-order valence-electron chi connectivity index (χ1n) is 6.02. The van der Waals surface area contributed by atoms with Crippen molar-refractivity contribution >= 4 is 0 Å². The highest BCUT2D eigenvalue weighted by atomic mass is 19.4. The van der Waals surface area contributed by atoms with E-state index in [0.29, 0.717) is 13.0 Å². The van der Waals surface area contributed by atoms with E-state index < -0.39 is 12.8 Å². The molecule has 0 aromatic heterocycles. The van der Waals surface area contributed by atoms with Gasteiger partial charge in [-0.3, -0.25) is 0 Å². The van der Waals surface area contributed by atoms with Gasteiger partial charge >= 0.3 is 6.18 Å². The number of rotatable bonds is 7. The number of ether oxygens (including phenoxy) is 1. The SMILES string of the molecule is C[C@H](NCCCOCC(F)(F)F)c1ccc(F)cc1. The molecule has 0 fully saturated rings. The Hall–Kier alpha value is -1.14. The van der Waals surface area contributed by atoms with E-state index in [1.165, 1.54) is 12.1 Å². The monoisotopic (exact) mass is 279 g/mol. The second-order valence-electron chi connectivity index (χ2n) is 4.25. The van der Waals surface area contributed by atoms with E-state index in [-0.39, 0.29) is 18.5 Å². The van der Waals surface area contributed by atoms with Crippen molar-refractivity contribution in [2.24, 2.45) is 0 Å². The van der Waals surface area contributed by atoms with Gasteiger partial charge in [0.25, 0.3) is 0 Å². The van der Waals surface area contributed by atoms with E-state index in [4.69, 9.17) is 0 Å². The van der Waals surface area contributed by atoms with Crippen LogP contribution in [0, 0.1) is 5.82 Å². The molecule has 0 aliphatic rings. The Bertz CT molecular complexity index is 364. The second-order valence-corrected chi connectivity index (χ2v) is 4.25. The molecule has 1 N–H and O–H groups in total. The maximum atomic E-state index is 12.7. The van der Waals surface area contributed by atoms with Gasteiger partial charge < -0.3 is 10.1 Å². The van der Waals surface area contributed by atoms with Crippen molar-refractivity contribution in [1.82, 2.24) is 5.32 Å². The molecule has 0 aliphatic carbocycles. The summed E-state index contributed by atoms with van der Waals surface area (Å²) in [5.74, 6) is -0.295. The normalized spacial score (nSPS) is 13.5. The quantitative estimate of drug-likeness (QED) is 0.610. The number of nitrogens with one attached hydrogen (secondary N) is 1. The zero-order valence-electron chi connectivity index (χ0n) is 10.6. The summed E-state index contributed by atoms with van der Waals surface area (Å²) in [5, 5.41) is 3.13. The Morgan fingerprint density at radius 3 is 2.42 bits per heavy atom. The van der Waals surface area contributed by atoms with E-state index in [1.807, 2.05) is 6.92 Å². The molecule has 0 aliphatic heterocycles. The zero-order valence-corrected chi connectivity index (χ0v) is 10.6. The summed E-state index contributed by atoms with van der Waals surface area (Å²) in [4.78, 5) is 0. The third-order valence-electron chi connectivity index (χ3n) is 2.55. The van der Waals surface area contributed by atoms with E-state index >= 15 is 0 Å². The van der Waals surface area contributed by atoms with Crippen molar-refractivity contribution in [2.75, 3.05) is 19.8 Å². The van der Waals surface area contributed by atoms with Crippen LogP contribution in [-0.4, -0.2) is 25.9 Å². The third-order valence-corrected chi connectivity index (χ3v) is 2.55. The van der Waals surface area contributed by atoms with E-state index in [9.17, 15) is 17.6 Å². The maximum absolute atomic E-state index is 12.7. The van der Waals surface area contributed by atoms with Crippen LogP contribution in [0.1, 0.15) is 24.9 Å². The largest absolute Gasteiger partial charge is 0.411 e. The van der Waals surface area contributed by atoms with Crippen LogP contribution in [0.15, 0.2) is 24.3 Å². The molecule has 0 saturated carbocycles. The Labute approximate surface area is 109 Å². The Morgan fingerprint density at radius 1 is 1.21 bits per heavy atom. The Kier molecular flexibility index (Phi) is 6.24. The fourth-order valence-corrected chi connectivity index (χ4v) is 1.55. The summed E-state index contributed by atoms with van der Waals surface area (Å²) in [5.41, 5.74) is 0.928. The molecule has 0 bridgehead atoms. The van der Waals surface area contributed by atoms with Crippen molar-refractivity contribution in [3.63, 3.8) is 0 Å². The standard InChI is InChI=1S/C13H17F4NO/c1-10(11-3-5-12(14)6-4-11)18-7-2-8-19-9-13(15,16)17/h3-6,10,18H,2,7-9H2,1H3/t10-/m0/s1. The molecule has 0 unspecified atom stereocenters. The summed E-state index contributed by atoms with van der Waals surface area (Å²) in [6, 6.07) is 6.11. The average Bonchev–Trinajstić information content (AvgIpc) is 2.33. The molecule has 1 aromatic carbocycles. The molecule has 108 valence electrons. The van der Waals surface area contributed by atoms with Gasteiger partial charge in [-0.2, -0.15) is 13.2 Å². The summed E-state index contributed by atoms with van der Waals surface area (Å²) >= 11 is 0. The minimum absolute atomic E-state index is 0.0169. The molecular formula is C13H17F4NO. The molecule has 0 amide bonds. The van der Waals surface area contributed by atoms with E-state index in [0.717, 1.165) is 5.56 Å². The van der Waals surface area contributed by atoms with Crippen molar-refractivity contribution in [3.05, 3.63) is 35.6 Å². The number of benzene rings is 1. The van der Waals surface area contributed by atoms with Gasteiger partial charge in [0, 0.05) is 12.6 Å². The van der Waals surface area contributed by atoms with Gasteiger partial charge in [0.1, 0.15) is 12.4 Å². The van der Waals surface area contributed by atoms with Gasteiger partial charge in [-0.05, 0) is 37.6 Å². The lowest BCUT2D eigenvalue weighted by atomic mass is 10.1. The molecule has 6 heteroatoms. The van der Waals surface area contributed by atoms with Gasteiger partial charge in [0.15, 0.2) is 0 Å². The first-order chi connectivity index (χ1) is 8.88. The molecule has 1 aromatic rings. The van der Waals surface area contributed by atoms with Crippen molar-refractivity contribution < 1.29 is 22.3 Å². The minimum Gasteiger partial charge on any atom is -0.372 e. The highest BCUT2D eigenvalue weighted by Gasteiger charge is 2.27. The second kappa shape index (κ2) is 7.45. The molecule has 0 heterocycles. The Balaban J connectivity index is 2.14. The lowest BCUT2D eigenvalue weighted by Crippen LogP contribution is -2.22. The molecule has 1 rings (SSSR count). The first kappa shape index (κ1) is 15.9. The van der Waals surface area contributed by atoms with Gasteiger partial charge in [-0.25, -0.2) is 4.39 Å². The minimum atomic E-state index is -4.27. The van der Waals surface area contributed by atoms with Crippen LogP contribution in [0.2, 0.25) is 0 Å². The average molecular weight is 279 g/mol. The topological polar surface area (TPSA) is 21.3 Å². The van der Waals surface area contributed by atoms with Gasteiger partial charge in [-0.15, -0.1) is 0 Å². The smallest absolute Gasteiger partial charge is 0.372 e. The number of hydrogen-bond donors (Lipinski definition) is 1. The number of hydrogen-bond acceptors (Lipinski definition) is 2. The predicted octanol–water partition coefficient (Wildman–Crippen LogP) is 3.45. The third kappa shape index (κ3) is 7.12. The van der Waals surface area contributed by atoms with Gasteiger partial charge in [0.2, 0.25) is 0 Å². The summed E-state index contributed by atoms with van der Waals surface area (Å²) < 4.78 is 52.5. The summed E-state index contributed by atoms with van der Waals surface area (Å²) in [6.07, 6.45) is -3.78. The van der Waals surface area contributed by atoms with E-state index in [2.05, 4.69) is 10.1 Å². The van der Waals surface area contributed by atoms with Crippen molar-refractivity contribution in [1.29, 1.82) is 0 Å². The van der Waals surface area contributed by atoms with Crippen LogP contribution in [0.3, 0.4) is 0 Å². The van der Waals surface area contributed by atoms with Crippen LogP contribution >= 0.6 is 0 Å². The molecule has 0 saturated heterocycles. The van der Waals surface area contributed by atoms with Gasteiger partial charge in [0.05, 0.1) is 0 Å². The highest BCUT2D eigenvalue weighted by molar-refractivity contribution is 5.19. The number of alkyl halides is 3. The number of halogens is 4. The molecule has 2 nitrogen and oxygen atoms in total. The van der Waals surface area contributed by atoms with Crippen molar-refractivity contribution in [3.8, 4) is 0 Å². The molecule has 0 spiro atoms. The molecule has 19 heavy (non-hydrogen) atoms. The Morgan fingerprint density at radius 2 is 1.84 bits per heavy atom. The lowest BCUT2D eigenvalue weighted by molar-refractivity contribution is -0.173. The highest BCUT2D eigenvalue weighted by Crippen LogP contribution is 2.15. The molecule has 0 radical (unpaired) electrons. The predicted molar refractivity (Wildman–Crippen MR) is 64.3 cm³/mol. The maximum Gasteiger partial charge on any atom is 0.411 e. The fraction of sp³-hybridized carbons (Fsp3) is 0.538. The summed E-state index contributed by atoms with van der Waals surface area (Å²) in [6.45, 7) is 1.30. The first-order valence-corrected chi connectivity index (χ1v) is 6.02. The zero-order chi connectivity index (χ0) is 14.3. The van der Waals surface area contributed by atoms with Crippen LogP contribution in [0.5, 0.6) is 0 Å². The fourth-order valence-electron chi connectivity index (χ4n) is 1.55. The van der Waals surface area contributed by atoms with E-state index in [1.54, 1.807) is 12.1 Å². The van der Waals surface area contributed by atoms with Gasteiger partial charge in [-0.1, -0.05) is 12.1 Å². The molecular weight excluding hydrogens is 262 g/mol. The van der Waals surface area contributed by atoms with Crippen LogP contribution in [-0.2, 0) is 4.74 Å². The summed E-state index contributed by atoms with van der Waals surface area (Å²) in [7, 11) is 0. The van der Waals surface area contributed by atoms with Crippen LogP contribution in [0.25, 0.3) is 0 Å².